The van der Waals surface area contributed by atoms with Crippen LogP contribution in [0.25, 0.3) is 21.9 Å². The van der Waals surface area contributed by atoms with Crippen molar-refractivity contribution in [3.8, 4) is 11.1 Å². The Morgan fingerprint density at radius 2 is 1.73 bits per heavy atom. The summed E-state index contributed by atoms with van der Waals surface area (Å²) < 4.78 is 5.42. The van der Waals surface area contributed by atoms with Gasteiger partial charge in [-0.1, -0.05) is 36.4 Å². The van der Waals surface area contributed by atoms with Crippen molar-refractivity contribution in [3.05, 3.63) is 94.3 Å². The Morgan fingerprint density at radius 3 is 2.43 bits per heavy atom. The molecule has 0 atom stereocenters. The second-order valence-electron chi connectivity index (χ2n) is 8.97. The predicted octanol–water partition coefficient (Wildman–Crippen LogP) is 5.59. The number of fused-ring (bicyclic) bond motifs is 1. The van der Waals surface area contributed by atoms with Gasteiger partial charge in [-0.3, -0.25) is 20.0 Å². The van der Waals surface area contributed by atoms with Crippen molar-refractivity contribution in [1.82, 2.24) is 9.88 Å². The largest absolute Gasteiger partial charge is 0.379 e. The second-order valence-corrected chi connectivity index (χ2v) is 8.97. The standard InChI is InChI=1S/C28H27N5O4/c1-19-16-22(33(35)36)8-10-26(19)30-28(34)31-27-11-9-23(24-4-2-3-5-25(24)27)20-6-7-21(29-17-20)18-32-12-14-37-15-13-32/h2-11,16-17H,12-15,18H2,1H3,(H2,30,31,34). The number of aryl methyl sites for hydroxylation is 1. The minimum Gasteiger partial charge on any atom is -0.379 e. The maximum absolute atomic E-state index is 12.8. The smallest absolute Gasteiger partial charge is 0.323 e. The van der Waals surface area contributed by atoms with E-state index in [2.05, 4.69) is 27.7 Å². The maximum atomic E-state index is 12.8. The van der Waals surface area contributed by atoms with Crippen LogP contribution in [0.5, 0.6) is 0 Å². The number of morpholine rings is 1. The Kier molecular flexibility index (Phi) is 7.07. The third kappa shape index (κ3) is 5.58. The summed E-state index contributed by atoms with van der Waals surface area (Å²) in [5, 5.41) is 18.6. The molecule has 37 heavy (non-hydrogen) atoms. The summed E-state index contributed by atoms with van der Waals surface area (Å²) in [6.45, 7) is 5.87. The summed E-state index contributed by atoms with van der Waals surface area (Å²) >= 11 is 0. The lowest BCUT2D eigenvalue weighted by Crippen LogP contribution is -2.35. The molecule has 1 fully saturated rings. The summed E-state index contributed by atoms with van der Waals surface area (Å²) in [6, 6.07) is 19.8. The number of aromatic nitrogens is 1. The fourth-order valence-electron chi connectivity index (χ4n) is 4.50. The summed E-state index contributed by atoms with van der Waals surface area (Å²) in [7, 11) is 0. The first-order chi connectivity index (χ1) is 18.0. The van der Waals surface area contributed by atoms with Crippen LogP contribution in [0.2, 0.25) is 0 Å². The number of nitro benzene ring substituents is 1. The third-order valence-electron chi connectivity index (χ3n) is 6.47. The van der Waals surface area contributed by atoms with Gasteiger partial charge in [-0.15, -0.1) is 0 Å². The molecule has 1 aromatic heterocycles. The maximum Gasteiger partial charge on any atom is 0.323 e. The minimum atomic E-state index is -0.461. The average Bonchev–Trinajstić information content (AvgIpc) is 2.91. The molecule has 2 heterocycles. The second kappa shape index (κ2) is 10.7. The zero-order valence-electron chi connectivity index (χ0n) is 20.4. The topological polar surface area (TPSA) is 110 Å². The number of pyridine rings is 1. The predicted molar refractivity (Wildman–Crippen MR) is 144 cm³/mol. The molecule has 0 spiro atoms. The van der Waals surface area contributed by atoms with Crippen LogP contribution in [0.15, 0.2) is 72.9 Å². The Bertz CT molecular complexity index is 1450. The van der Waals surface area contributed by atoms with E-state index in [-0.39, 0.29) is 5.69 Å². The number of hydrogen-bond acceptors (Lipinski definition) is 6. The van der Waals surface area contributed by atoms with Gasteiger partial charge in [-0.25, -0.2) is 4.79 Å². The first kappa shape index (κ1) is 24.4. The number of urea groups is 1. The van der Waals surface area contributed by atoms with Crippen LogP contribution in [-0.2, 0) is 11.3 Å². The van der Waals surface area contributed by atoms with Crippen LogP contribution in [0.4, 0.5) is 21.9 Å². The van der Waals surface area contributed by atoms with Crippen molar-refractivity contribution in [1.29, 1.82) is 0 Å². The van der Waals surface area contributed by atoms with Gasteiger partial charge in [0.15, 0.2) is 0 Å². The molecule has 9 heteroatoms. The summed E-state index contributed by atoms with van der Waals surface area (Å²) in [4.78, 5) is 30.3. The van der Waals surface area contributed by atoms with Gasteiger partial charge in [-0.05, 0) is 41.6 Å². The van der Waals surface area contributed by atoms with Crippen molar-refractivity contribution in [2.45, 2.75) is 13.5 Å². The van der Waals surface area contributed by atoms with E-state index in [1.807, 2.05) is 42.6 Å². The molecular formula is C28H27N5O4. The number of nitro groups is 1. The number of nitrogens with one attached hydrogen (secondary N) is 2. The molecule has 0 unspecified atom stereocenters. The number of ether oxygens (including phenoxy) is 1. The van der Waals surface area contributed by atoms with E-state index >= 15 is 0 Å². The molecule has 4 aromatic rings. The van der Waals surface area contributed by atoms with Gasteiger partial charge in [0.1, 0.15) is 0 Å². The average molecular weight is 498 g/mol. The fraction of sp³-hybridized carbons (Fsp3) is 0.214. The molecule has 3 aromatic carbocycles. The lowest BCUT2D eigenvalue weighted by atomic mass is 9.98. The number of benzene rings is 3. The highest BCUT2D eigenvalue weighted by Gasteiger charge is 2.14. The zero-order valence-corrected chi connectivity index (χ0v) is 20.4. The van der Waals surface area contributed by atoms with Crippen LogP contribution in [-0.4, -0.2) is 47.1 Å². The van der Waals surface area contributed by atoms with E-state index in [1.165, 1.54) is 18.2 Å². The number of hydrogen-bond donors (Lipinski definition) is 2. The lowest BCUT2D eigenvalue weighted by Gasteiger charge is -2.26. The molecule has 2 amide bonds. The van der Waals surface area contributed by atoms with Crippen molar-refractivity contribution in [3.63, 3.8) is 0 Å². The van der Waals surface area contributed by atoms with Crippen molar-refractivity contribution in [2.75, 3.05) is 36.9 Å². The van der Waals surface area contributed by atoms with E-state index in [0.29, 0.717) is 16.9 Å². The molecule has 188 valence electrons. The minimum absolute atomic E-state index is 0.0198. The molecule has 5 rings (SSSR count). The normalized spacial score (nSPS) is 13.9. The molecular weight excluding hydrogens is 470 g/mol. The van der Waals surface area contributed by atoms with E-state index < -0.39 is 11.0 Å². The molecule has 1 aliphatic rings. The van der Waals surface area contributed by atoms with Gasteiger partial charge < -0.3 is 15.4 Å². The van der Waals surface area contributed by atoms with Crippen LogP contribution >= 0.6 is 0 Å². The number of nitrogens with zero attached hydrogens (tertiary/aromatic N) is 3. The molecule has 0 aliphatic carbocycles. The van der Waals surface area contributed by atoms with E-state index in [9.17, 15) is 14.9 Å². The fourth-order valence-corrected chi connectivity index (χ4v) is 4.50. The molecule has 9 nitrogen and oxygen atoms in total. The van der Waals surface area contributed by atoms with Gasteiger partial charge in [0.2, 0.25) is 0 Å². The molecule has 0 saturated carbocycles. The van der Waals surface area contributed by atoms with E-state index in [1.54, 1.807) is 6.92 Å². The van der Waals surface area contributed by atoms with Gasteiger partial charge in [0, 0.05) is 54.6 Å². The first-order valence-corrected chi connectivity index (χ1v) is 12.1. The van der Waals surface area contributed by atoms with Crippen LogP contribution in [0.3, 0.4) is 0 Å². The molecule has 1 aliphatic heterocycles. The van der Waals surface area contributed by atoms with Crippen molar-refractivity contribution >= 4 is 33.9 Å². The van der Waals surface area contributed by atoms with Crippen LogP contribution < -0.4 is 10.6 Å². The SMILES string of the molecule is Cc1cc([N+](=O)[O-])ccc1NC(=O)Nc1ccc(-c2ccc(CN3CCOCC3)nc2)c2ccccc12. The first-order valence-electron chi connectivity index (χ1n) is 12.1. The van der Waals surface area contributed by atoms with Gasteiger partial charge in [0.25, 0.3) is 5.69 Å². The highest BCUT2D eigenvalue weighted by atomic mass is 16.6. The summed E-state index contributed by atoms with van der Waals surface area (Å²) in [6.07, 6.45) is 1.90. The number of non-ortho nitro benzene ring substituents is 1. The number of amides is 2. The Balaban J connectivity index is 1.34. The van der Waals surface area contributed by atoms with Gasteiger partial charge in [-0.2, -0.15) is 0 Å². The number of carbonyl (C=O) groups is 1. The Morgan fingerprint density at radius 1 is 1.00 bits per heavy atom. The quantitative estimate of drug-likeness (QED) is 0.265. The highest BCUT2D eigenvalue weighted by molar-refractivity contribution is 6.09. The van der Waals surface area contributed by atoms with E-state index in [0.717, 1.165) is 60.4 Å². The number of carbonyl (C=O) groups excluding carboxylic acids is 1. The summed E-state index contributed by atoms with van der Waals surface area (Å²) in [5.41, 5.74) is 4.80. The Labute approximate surface area is 214 Å². The Hall–Kier alpha value is -4.34. The van der Waals surface area contributed by atoms with E-state index in [4.69, 9.17) is 9.72 Å². The third-order valence-corrected chi connectivity index (χ3v) is 6.47. The van der Waals surface area contributed by atoms with Crippen molar-refractivity contribution in [2.24, 2.45) is 0 Å². The summed E-state index contributed by atoms with van der Waals surface area (Å²) in [5.74, 6) is 0. The van der Waals surface area contributed by atoms with Crippen molar-refractivity contribution < 1.29 is 14.5 Å². The zero-order chi connectivity index (χ0) is 25.8. The number of rotatable bonds is 6. The number of anilines is 2. The monoisotopic (exact) mass is 497 g/mol. The molecule has 0 radical (unpaired) electrons. The van der Waals surface area contributed by atoms with Gasteiger partial charge in [0.05, 0.1) is 29.5 Å². The lowest BCUT2D eigenvalue weighted by molar-refractivity contribution is -0.384. The van der Waals surface area contributed by atoms with Crippen LogP contribution in [0, 0.1) is 17.0 Å². The molecule has 1 saturated heterocycles. The molecule has 2 N–H and O–H groups in total. The van der Waals surface area contributed by atoms with Crippen LogP contribution in [0.1, 0.15) is 11.3 Å². The highest BCUT2D eigenvalue weighted by Crippen LogP contribution is 2.33. The molecule has 0 bridgehead atoms. The van der Waals surface area contributed by atoms with Gasteiger partial charge >= 0.3 is 6.03 Å².